The van der Waals surface area contributed by atoms with E-state index in [-0.39, 0.29) is 23.6 Å². The molecular weight excluding hydrogens is 413 g/mol. The molecule has 0 aromatic heterocycles. The number of halogens is 2. The fourth-order valence-corrected chi connectivity index (χ4v) is 4.88. The third-order valence-corrected chi connectivity index (χ3v) is 6.62. The lowest BCUT2D eigenvalue weighted by Crippen LogP contribution is -2.37. The first kappa shape index (κ1) is 20.1. The molecule has 3 aromatic rings. The van der Waals surface area contributed by atoms with Crippen LogP contribution in [0.4, 0.5) is 4.39 Å². The molecule has 0 unspecified atom stereocenters. The molecule has 3 nitrogen and oxygen atoms in total. The predicted molar refractivity (Wildman–Crippen MR) is 119 cm³/mol. The van der Waals surface area contributed by atoms with Crippen LogP contribution in [0.2, 0.25) is 5.02 Å². The molecule has 1 fully saturated rings. The molecule has 1 aliphatic heterocycles. The normalized spacial score (nSPS) is 19.6. The van der Waals surface area contributed by atoms with Crippen LogP contribution in [0.25, 0.3) is 11.1 Å². The number of ether oxygens (including phenoxy) is 1. The molecule has 157 valence electrons. The number of methoxy groups -OCH3 is 1. The minimum Gasteiger partial charge on any atom is -0.496 e. The zero-order valence-electron chi connectivity index (χ0n) is 17.2. The molecule has 31 heavy (non-hydrogen) atoms. The maximum absolute atomic E-state index is 14.6. The summed E-state index contributed by atoms with van der Waals surface area (Å²) >= 11 is 6.12. The van der Waals surface area contributed by atoms with E-state index in [1.165, 1.54) is 6.07 Å². The molecule has 2 atom stereocenters. The molecule has 0 bridgehead atoms. The number of amides is 1. The van der Waals surface area contributed by atoms with Crippen molar-refractivity contribution in [1.82, 2.24) is 4.90 Å². The molecule has 0 saturated heterocycles. The Labute approximate surface area is 186 Å². The molecule has 1 radical (unpaired) electrons. The molecule has 1 aliphatic carbocycles. The molecule has 5 rings (SSSR count). The van der Waals surface area contributed by atoms with Crippen LogP contribution in [0.3, 0.4) is 0 Å². The number of nitrogens with zero attached hydrogens (tertiary/aromatic N) is 1. The van der Waals surface area contributed by atoms with Gasteiger partial charge in [0.1, 0.15) is 11.6 Å². The highest BCUT2D eigenvalue weighted by atomic mass is 35.5. The van der Waals surface area contributed by atoms with Crippen LogP contribution >= 0.6 is 11.6 Å². The smallest absolute Gasteiger partial charge is 0.226 e. The second-order valence-corrected chi connectivity index (χ2v) is 8.63. The van der Waals surface area contributed by atoms with Crippen molar-refractivity contribution in [3.63, 3.8) is 0 Å². The summed E-state index contributed by atoms with van der Waals surface area (Å²) in [5.41, 5.74) is 4.41. The van der Waals surface area contributed by atoms with Crippen molar-refractivity contribution in [3.8, 4) is 16.9 Å². The fourth-order valence-electron chi connectivity index (χ4n) is 4.69. The van der Waals surface area contributed by atoms with Gasteiger partial charge in [0.05, 0.1) is 7.11 Å². The summed E-state index contributed by atoms with van der Waals surface area (Å²) in [4.78, 5) is 15.1. The number of fused-ring (bicyclic) bond motifs is 1. The summed E-state index contributed by atoms with van der Waals surface area (Å²) in [6, 6.07) is 19.6. The first-order valence-electron chi connectivity index (χ1n) is 10.5. The average Bonchev–Trinajstić information content (AvgIpc) is 3.60. The lowest BCUT2D eigenvalue weighted by atomic mass is 9.90. The Kier molecular flexibility index (Phi) is 5.19. The quantitative estimate of drug-likeness (QED) is 0.531. The van der Waals surface area contributed by atoms with Gasteiger partial charge < -0.3 is 9.64 Å². The van der Waals surface area contributed by atoms with Crippen molar-refractivity contribution >= 4 is 17.5 Å². The van der Waals surface area contributed by atoms with Crippen LogP contribution in [-0.2, 0) is 17.8 Å². The van der Waals surface area contributed by atoms with Crippen molar-refractivity contribution in [2.24, 2.45) is 5.92 Å². The Morgan fingerprint density at radius 3 is 2.87 bits per heavy atom. The van der Waals surface area contributed by atoms with Gasteiger partial charge in [-0.1, -0.05) is 35.9 Å². The first-order valence-corrected chi connectivity index (χ1v) is 10.8. The minimum absolute atomic E-state index is 0.0309. The van der Waals surface area contributed by atoms with E-state index in [2.05, 4.69) is 6.07 Å². The van der Waals surface area contributed by atoms with Gasteiger partial charge in [-0.25, -0.2) is 4.39 Å². The largest absolute Gasteiger partial charge is 0.496 e. The Bertz CT molecular complexity index is 1160. The van der Waals surface area contributed by atoms with Gasteiger partial charge in [-0.2, -0.15) is 0 Å². The number of carbonyl (C=O) groups is 1. The van der Waals surface area contributed by atoms with Crippen LogP contribution in [0.15, 0.2) is 54.6 Å². The summed E-state index contributed by atoms with van der Waals surface area (Å²) < 4.78 is 20.1. The molecule has 1 heterocycles. The van der Waals surface area contributed by atoms with E-state index in [9.17, 15) is 9.18 Å². The highest BCUT2D eigenvalue weighted by Crippen LogP contribution is 2.49. The van der Waals surface area contributed by atoms with Gasteiger partial charge >= 0.3 is 0 Å². The van der Waals surface area contributed by atoms with E-state index >= 15 is 0 Å². The van der Waals surface area contributed by atoms with Gasteiger partial charge in [-0.15, -0.1) is 0 Å². The van der Waals surface area contributed by atoms with Crippen molar-refractivity contribution < 1.29 is 13.9 Å². The lowest BCUT2D eigenvalue weighted by Gasteiger charge is -2.31. The number of rotatable bonds is 4. The third kappa shape index (κ3) is 3.70. The number of benzene rings is 3. The van der Waals surface area contributed by atoms with Crippen LogP contribution in [0.5, 0.6) is 5.75 Å². The molecule has 0 N–H and O–H groups in total. The van der Waals surface area contributed by atoms with Crippen molar-refractivity contribution in [1.29, 1.82) is 0 Å². The molecule has 1 saturated carbocycles. The van der Waals surface area contributed by atoms with Crippen LogP contribution in [0.1, 0.15) is 29.0 Å². The Morgan fingerprint density at radius 1 is 1.19 bits per heavy atom. The topological polar surface area (TPSA) is 29.5 Å². The minimum atomic E-state index is -0.215. The van der Waals surface area contributed by atoms with Crippen LogP contribution in [0, 0.1) is 17.8 Å². The van der Waals surface area contributed by atoms with Crippen LogP contribution in [-0.4, -0.2) is 24.5 Å². The number of carbonyl (C=O) groups excluding carboxylic acids is 1. The summed E-state index contributed by atoms with van der Waals surface area (Å²) in [6.45, 7) is 0.932. The summed E-state index contributed by atoms with van der Waals surface area (Å²) in [7, 11) is 1.62. The highest BCUT2D eigenvalue weighted by Gasteiger charge is 2.46. The van der Waals surface area contributed by atoms with E-state index in [0.717, 1.165) is 28.7 Å². The molecule has 1 amide bonds. The molecule has 0 spiro atoms. The van der Waals surface area contributed by atoms with Gasteiger partial charge in [-0.05, 0) is 77.4 Å². The SMILES string of the molecule is COc1cc[c]cc1-c1ccc(F)c2c1CN(C(=O)[C@@H]1C[C@H]1c1cccc(Cl)c1)CC2. The monoisotopic (exact) mass is 434 g/mol. The molecule has 3 aromatic carbocycles. The molecule has 5 heteroatoms. The molecule has 2 aliphatic rings. The van der Waals surface area contributed by atoms with Gasteiger partial charge in [0.15, 0.2) is 0 Å². The average molecular weight is 435 g/mol. The zero-order chi connectivity index (χ0) is 21.5. The maximum Gasteiger partial charge on any atom is 0.226 e. The maximum atomic E-state index is 14.6. The predicted octanol–water partition coefficient (Wildman–Crippen LogP) is 5.64. The van der Waals surface area contributed by atoms with E-state index in [4.69, 9.17) is 16.3 Å². The standard InChI is InChI=1S/C26H22ClFNO2/c1-31-25-8-3-2-7-20(25)18-9-10-24(28)19-11-12-29(15-23(18)19)26(30)22-14-21(22)16-5-4-6-17(27)13-16/h3-10,13,21-22H,11-12,14-15H2,1H3/t21-,22+/m0/s1. The van der Waals surface area contributed by atoms with E-state index < -0.39 is 0 Å². The third-order valence-electron chi connectivity index (χ3n) is 6.38. The lowest BCUT2D eigenvalue weighted by molar-refractivity contribution is -0.133. The number of hydrogen-bond acceptors (Lipinski definition) is 2. The van der Waals surface area contributed by atoms with Crippen molar-refractivity contribution in [2.45, 2.75) is 25.3 Å². The molecular formula is C26H22ClFNO2. The van der Waals surface area contributed by atoms with Gasteiger partial charge in [0.25, 0.3) is 0 Å². The van der Waals surface area contributed by atoms with E-state index in [1.807, 2.05) is 41.3 Å². The Balaban J connectivity index is 1.43. The Hall–Kier alpha value is -2.85. The van der Waals surface area contributed by atoms with Crippen molar-refractivity contribution in [2.75, 3.05) is 13.7 Å². The van der Waals surface area contributed by atoms with E-state index in [1.54, 1.807) is 19.2 Å². The zero-order valence-corrected chi connectivity index (χ0v) is 18.0. The summed E-state index contributed by atoms with van der Waals surface area (Å²) in [5, 5.41) is 0.691. The van der Waals surface area contributed by atoms with Gasteiger partial charge in [-0.3, -0.25) is 4.79 Å². The second kappa shape index (κ2) is 8.01. The summed E-state index contributed by atoms with van der Waals surface area (Å²) in [6.07, 6.45) is 1.34. The van der Waals surface area contributed by atoms with E-state index in [0.29, 0.717) is 35.8 Å². The number of hydrogen-bond donors (Lipinski definition) is 0. The fraction of sp³-hybridized carbons (Fsp3) is 0.269. The van der Waals surface area contributed by atoms with Crippen LogP contribution < -0.4 is 4.74 Å². The highest BCUT2D eigenvalue weighted by molar-refractivity contribution is 6.30. The van der Waals surface area contributed by atoms with Gasteiger partial charge in [0, 0.05) is 29.6 Å². The van der Waals surface area contributed by atoms with Gasteiger partial charge in [0.2, 0.25) is 5.91 Å². The first-order chi connectivity index (χ1) is 15.1. The van der Waals surface area contributed by atoms with Crippen molar-refractivity contribution in [3.05, 3.63) is 88.2 Å². The Morgan fingerprint density at radius 2 is 2.06 bits per heavy atom. The summed E-state index contributed by atoms with van der Waals surface area (Å²) in [5.74, 6) is 0.810. The second-order valence-electron chi connectivity index (χ2n) is 8.19.